The summed E-state index contributed by atoms with van der Waals surface area (Å²) in [4.78, 5) is 2.48. The zero-order chi connectivity index (χ0) is 12.1. The molecule has 0 aliphatic carbocycles. The summed E-state index contributed by atoms with van der Waals surface area (Å²) < 4.78 is 5.61. The van der Waals surface area contributed by atoms with Gasteiger partial charge in [-0.1, -0.05) is 6.92 Å². The number of ether oxygens (including phenoxy) is 1. The summed E-state index contributed by atoms with van der Waals surface area (Å²) in [6.45, 7) is 8.19. The van der Waals surface area contributed by atoms with Gasteiger partial charge in [0.2, 0.25) is 0 Å². The van der Waals surface area contributed by atoms with E-state index in [4.69, 9.17) is 4.74 Å². The van der Waals surface area contributed by atoms with Crippen molar-refractivity contribution in [3.8, 4) is 0 Å². The van der Waals surface area contributed by atoms with Crippen molar-refractivity contribution in [2.75, 3.05) is 39.4 Å². The van der Waals surface area contributed by atoms with Gasteiger partial charge in [0, 0.05) is 38.2 Å². The Hall–Kier alpha value is -0.160. The molecule has 0 aromatic heterocycles. The molecule has 4 heteroatoms. The van der Waals surface area contributed by atoms with Gasteiger partial charge in [-0.25, -0.2) is 0 Å². The second-order valence-corrected chi connectivity index (χ2v) is 5.32. The molecule has 0 aromatic rings. The number of likely N-dealkylation sites (tertiary alicyclic amines) is 1. The van der Waals surface area contributed by atoms with Crippen LogP contribution in [0.3, 0.4) is 0 Å². The van der Waals surface area contributed by atoms with Gasteiger partial charge in [-0.2, -0.15) is 0 Å². The topological polar surface area (TPSA) is 44.7 Å². The van der Waals surface area contributed by atoms with Gasteiger partial charge < -0.3 is 20.1 Å². The van der Waals surface area contributed by atoms with Crippen molar-refractivity contribution in [2.45, 2.75) is 38.3 Å². The van der Waals surface area contributed by atoms with Crippen LogP contribution in [-0.2, 0) is 4.74 Å². The zero-order valence-electron chi connectivity index (χ0n) is 10.9. The van der Waals surface area contributed by atoms with Gasteiger partial charge in [0.15, 0.2) is 0 Å². The summed E-state index contributed by atoms with van der Waals surface area (Å²) in [6, 6.07) is 0.612. The van der Waals surface area contributed by atoms with E-state index in [0.717, 1.165) is 58.7 Å². The van der Waals surface area contributed by atoms with E-state index < -0.39 is 0 Å². The van der Waals surface area contributed by atoms with Gasteiger partial charge in [-0.3, -0.25) is 0 Å². The van der Waals surface area contributed by atoms with Crippen molar-refractivity contribution < 1.29 is 9.84 Å². The van der Waals surface area contributed by atoms with Crippen LogP contribution in [0.2, 0.25) is 0 Å². The number of nitrogens with one attached hydrogen (secondary N) is 1. The van der Waals surface area contributed by atoms with Crippen molar-refractivity contribution in [3.63, 3.8) is 0 Å². The van der Waals surface area contributed by atoms with Crippen LogP contribution in [0.4, 0.5) is 0 Å². The molecule has 0 spiro atoms. The van der Waals surface area contributed by atoms with E-state index in [1.807, 2.05) is 0 Å². The van der Waals surface area contributed by atoms with Crippen molar-refractivity contribution in [3.05, 3.63) is 0 Å². The average molecular weight is 242 g/mol. The minimum atomic E-state index is -0.0709. The van der Waals surface area contributed by atoms with Gasteiger partial charge in [-0.15, -0.1) is 0 Å². The number of aliphatic hydroxyl groups excluding tert-OH is 1. The Bertz CT molecular complexity index is 215. The van der Waals surface area contributed by atoms with Crippen LogP contribution in [0.5, 0.6) is 0 Å². The first-order chi connectivity index (χ1) is 8.29. The van der Waals surface area contributed by atoms with Crippen LogP contribution in [0.25, 0.3) is 0 Å². The molecule has 2 saturated heterocycles. The fraction of sp³-hybridized carbons (Fsp3) is 1.00. The van der Waals surface area contributed by atoms with Crippen LogP contribution >= 0.6 is 0 Å². The van der Waals surface area contributed by atoms with E-state index in [1.54, 1.807) is 0 Å². The van der Waals surface area contributed by atoms with E-state index in [2.05, 4.69) is 17.1 Å². The maximum absolute atomic E-state index is 9.51. The lowest BCUT2D eigenvalue weighted by Gasteiger charge is -2.38. The molecule has 2 heterocycles. The monoisotopic (exact) mass is 242 g/mol. The predicted octanol–water partition coefficient (Wildman–Crippen LogP) is 0.458. The zero-order valence-corrected chi connectivity index (χ0v) is 10.9. The lowest BCUT2D eigenvalue weighted by molar-refractivity contribution is 0.00541. The lowest BCUT2D eigenvalue weighted by Crippen LogP contribution is -2.49. The largest absolute Gasteiger partial charge is 0.393 e. The molecule has 2 unspecified atom stereocenters. The molecule has 2 rings (SSSR count). The molecule has 2 aliphatic heterocycles. The highest BCUT2D eigenvalue weighted by Gasteiger charge is 2.28. The summed E-state index contributed by atoms with van der Waals surface area (Å²) in [5.74, 6) is 0.610. The molecule has 2 fully saturated rings. The SMILES string of the molecule is CCNC1CCOCC1CN1CCC(O)CC1. The highest BCUT2D eigenvalue weighted by atomic mass is 16.5. The molecule has 100 valence electrons. The van der Waals surface area contributed by atoms with Crippen molar-refractivity contribution >= 4 is 0 Å². The van der Waals surface area contributed by atoms with Crippen molar-refractivity contribution in [2.24, 2.45) is 5.92 Å². The molecule has 4 nitrogen and oxygen atoms in total. The Balaban J connectivity index is 1.79. The first-order valence-corrected chi connectivity index (χ1v) is 7.01. The molecule has 2 aliphatic rings. The third-order valence-electron chi connectivity index (χ3n) is 3.99. The van der Waals surface area contributed by atoms with Gasteiger partial charge in [0.1, 0.15) is 0 Å². The number of piperidine rings is 1. The van der Waals surface area contributed by atoms with E-state index in [1.165, 1.54) is 0 Å². The molecule has 0 aromatic carbocycles. The summed E-state index contributed by atoms with van der Waals surface area (Å²) in [5, 5.41) is 13.1. The third-order valence-corrected chi connectivity index (χ3v) is 3.99. The van der Waals surface area contributed by atoms with Gasteiger partial charge >= 0.3 is 0 Å². The third kappa shape index (κ3) is 3.91. The maximum atomic E-state index is 9.51. The van der Waals surface area contributed by atoms with E-state index in [-0.39, 0.29) is 6.10 Å². The fourth-order valence-electron chi connectivity index (χ4n) is 2.94. The lowest BCUT2D eigenvalue weighted by atomic mass is 9.94. The smallest absolute Gasteiger partial charge is 0.0564 e. The Morgan fingerprint density at radius 1 is 1.29 bits per heavy atom. The summed E-state index contributed by atoms with van der Waals surface area (Å²) in [5.41, 5.74) is 0. The molecular weight excluding hydrogens is 216 g/mol. The normalized spacial score (nSPS) is 32.8. The van der Waals surface area contributed by atoms with Gasteiger partial charge in [-0.05, 0) is 25.8 Å². The highest BCUT2D eigenvalue weighted by Crippen LogP contribution is 2.19. The predicted molar refractivity (Wildman–Crippen MR) is 68.1 cm³/mol. The second kappa shape index (κ2) is 6.69. The molecule has 0 bridgehead atoms. The molecule has 2 N–H and O–H groups in total. The van der Waals surface area contributed by atoms with Crippen LogP contribution in [0, 0.1) is 5.92 Å². The molecule has 2 atom stereocenters. The van der Waals surface area contributed by atoms with Gasteiger partial charge in [0.05, 0.1) is 12.7 Å². The molecule has 17 heavy (non-hydrogen) atoms. The molecule has 0 amide bonds. The highest BCUT2D eigenvalue weighted by molar-refractivity contribution is 4.83. The van der Waals surface area contributed by atoms with Gasteiger partial charge in [0.25, 0.3) is 0 Å². The fourth-order valence-corrected chi connectivity index (χ4v) is 2.94. The first kappa shape index (κ1) is 13.3. The summed E-state index contributed by atoms with van der Waals surface area (Å²) >= 11 is 0. The van der Waals surface area contributed by atoms with E-state index >= 15 is 0 Å². The van der Waals surface area contributed by atoms with Crippen molar-refractivity contribution in [1.29, 1.82) is 0 Å². The Morgan fingerprint density at radius 3 is 2.76 bits per heavy atom. The number of hydrogen-bond acceptors (Lipinski definition) is 4. The summed E-state index contributed by atoms with van der Waals surface area (Å²) in [6.07, 6.45) is 2.92. The van der Waals surface area contributed by atoms with E-state index in [0.29, 0.717) is 12.0 Å². The van der Waals surface area contributed by atoms with E-state index in [9.17, 15) is 5.11 Å². The number of aliphatic hydroxyl groups is 1. The van der Waals surface area contributed by atoms with Crippen LogP contribution < -0.4 is 5.32 Å². The Morgan fingerprint density at radius 2 is 2.06 bits per heavy atom. The molecule has 0 saturated carbocycles. The Labute approximate surface area is 104 Å². The van der Waals surface area contributed by atoms with Crippen LogP contribution in [-0.4, -0.2) is 61.5 Å². The summed E-state index contributed by atoms with van der Waals surface area (Å²) in [7, 11) is 0. The Kier molecular flexibility index (Phi) is 5.22. The van der Waals surface area contributed by atoms with Crippen LogP contribution in [0.15, 0.2) is 0 Å². The van der Waals surface area contributed by atoms with Crippen LogP contribution in [0.1, 0.15) is 26.2 Å². The number of nitrogens with zero attached hydrogens (tertiary/aromatic N) is 1. The number of hydrogen-bond donors (Lipinski definition) is 2. The minimum absolute atomic E-state index is 0.0709. The molecule has 0 radical (unpaired) electrons. The van der Waals surface area contributed by atoms with Crippen molar-refractivity contribution in [1.82, 2.24) is 10.2 Å². The average Bonchev–Trinajstić information content (AvgIpc) is 2.35. The second-order valence-electron chi connectivity index (χ2n) is 5.32. The maximum Gasteiger partial charge on any atom is 0.0564 e. The first-order valence-electron chi connectivity index (χ1n) is 7.01. The minimum Gasteiger partial charge on any atom is -0.393 e. The molecular formula is C13H26N2O2. The standard InChI is InChI=1S/C13H26N2O2/c1-2-14-13-5-8-17-10-11(13)9-15-6-3-12(16)4-7-15/h11-14,16H,2-10H2,1H3. The quantitative estimate of drug-likeness (QED) is 0.752. The number of rotatable bonds is 4.